The summed E-state index contributed by atoms with van der Waals surface area (Å²) >= 11 is 5.77. The molecular weight excluding hydrogens is 400 g/mol. The van der Waals surface area contributed by atoms with Crippen molar-refractivity contribution < 1.29 is 23.9 Å². The number of methoxy groups -OCH3 is 1. The second-order valence-corrected chi connectivity index (χ2v) is 6.16. The Bertz CT molecular complexity index is 944. The summed E-state index contributed by atoms with van der Waals surface area (Å²) in [5.41, 5.74) is 8.68. The zero-order valence-electron chi connectivity index (χ0n) is 15.7. The summed E-state index contributed by atoms with van der Waals surface area (Å²) < 4.78 is 10.5. The number of carbonyl (C=O) groups excluding carboxylic acids is 3. The molecule has 2 aromatic carbocycles. The summed E-state index contributed by atoms with van der Waals surface area (Å²) in [6.07, 6.45) is 0. The van der Waals surface area contributed by atoms with Crippen molar-refractivity contribution in [3.05, 3.63) is 53.1 Å². The van der Waals surface area contributed by atoms with Gasteiger partial charge in [0.2, 0.25) is 0 Å². The summed E-state index contributed by atoms with van der Waals surface area (Å²) in [5, 5.41) is 6.85. The second kappa shape index (κ2) is 10.1. The minimum atomic E-state index is -0.937. The lowest BCUT2D eigenvalue weighted by Gasteiger charge is -2.11. The summed E-state index contributed by atoms with van der Waals surface area (Å²) in [7, 11) is 1.44. The number of hydrogen-bond donors (Lipinski definition) is 3. The van der Waals surface area contributed by atoms with Crippen LogP contribution in [0, 0.1) is 0 Å². The van der Waals surface area contributed by atoms with Gasteiger partial charge in [-0.3, -0.25) is 14.4 Å². The largest absolute Gasteiger partial charge is 0.493 e. The molecule has 0 fully saturated rings. The Labute approximate surface area is 171 Å². The van der Waals surface area contributed by atoms with Gasteiger partial charge >= 0.3 is 11.8 Å². The summed E-state index contributed by atoms with van der Waals surface area (Å²) in [5.74, 6) is -1.75. The van der Waals surface area contributed by atoms with E-state index in [9.17, 15) is 14.4 Å². The molecule has 0 saturated carbocycles. The lowest BCUT2D eigenvalue weighted by Crippen LogP contribution is -2.32. The molecule has 0 aliphatic heterocycles. The van der Waals surface area contributed by atoms with Gasteiger partial charge in [0.1, 0.15) is 0 Å². The Morgan fingerprint density at radius 2 is 1.76 bits per heavy atom. The van der Waals surface area contributed by atoms with Gasteiger partial charge in [0, 0.05) is 16.3 Å². The molecule has 29 heavy (non-hydrogen) atoms. The van der Waals surface area contributed by atoms with Gasteiger partial charge in [-0.1, -0.05) is 11.6 Å². The van der Waals surface area contributed by atoms with Crippen LogP contribution in [0.2, 0.25) is 5.02 Å². The van der Waals surface area contributed by atoms with E-state index in [1.807, 2.05) is 0 Å². The van der Waals surface area contributed by atoms with E-state index >= 15 is 0 Å². The molecular formula is C19H19ClN4O5. The predicted octanol–water partition coefficient (Wildman–Crippen LogP) is 1.69. The lowest BCUT2D eigenvalue weighted by molar-refractivity contribution is -0.136. The maximum Gasteiger partial charge on any atom is 0.329 e. The van der Waals surface area contributed by atoms with Gasteiger partial charge in [-0.05, 0) is 49.4 Å². The predicted molar refractivity (Wildman–Crippen MR) is 108 cm³/mol. The molecule has 0 aromatic heterocycles. The number of anilines is 1. The van der Waals surface area contributed by atoms with Crippen molar-refractivity contribution in [2.45, 2.75) is 6.92 Å². The van der Waals surface area contributed by atoms with Crippen molar-refractivity contribution in [3.8, 4) is 11.5 Å². The van der Waals surface area contributed by atoms with Crippen LogP contribution in [-0.4, -0.2) is 37.1 Å². The van der Waals surface area contributed by atoms with Crippen LogP contribution < -0.4 is 25.9 Å². The van der Waals surface area contributed by atoms with E-state index in [0.717, 1.165) is 0 Å². The van der Waals surface area contributed by atoms with E-state index in [2.05, 4.69) is 15.8 Å². The van der Waals surface area contributed by atoms with Crippen LogP contribution in [0.15, 0.2) is 47.6 Å². The molecule has 0 heterocycles. The molecule has 3 amide bonds. The third-order valence-corrected chi connectivity index (χ3v) is 3.84. The molecule has 2 rings (SSSR count). The Hall–Kier alpha value is -3.59. The molecule has 10 heteroatoms. The quantitative estimate of drug-likeness (QED) is 0.357. The molecule has 0 bridgehead atoms. The van der Waals surface area contributed by atoms with Crippen molar-refractivity contribution in [2.75, 3.05) is 19.0 Å². The molecule has 9 nitrogen and oxygen atoms in total. The molecule has 0 spiro atoms. The van der Waals surface area contributed by atoms with Crippen molar-refractivity contribution in [1.29, 1.82) is 0 Å². The van der Waals surface area contributed by atoms with Crippen LogP contribution in [0.1, 0.15) is 12.5 Å². The lowest BCUT2D eigenvalue weighted by atomic mass is 10.1. The average molecular weight is 419 g/mol. The number of amides is 3. The highest BCUT2D eigenvalue weighted by molar-refractivity contribution is 6.39. The topological polar surface area (TPSA) is 132 Å². The summed E-state index contributed by atoms with van der Waals surface area (Å²) in [4.78, 5) is 34.7. The second-order valence-electron chi connectivity index (χ2n) is 5.72. The highest BCUT2D eigenvalue weighted by atomic mass is 35.5. The van der Waals surface area contributed by atoms with Crippen LogP contribution >= 0.6 is 11.6 Å². The fourth-order valence-electron chi connectivity index (χ4n) is 2.13. The standard InChI is InChI=1S/C19H19ClN4O5/c1-11(12-3-8-15(16(9-12)28-2)29-10-17(21)25)23-24-19(27)18(26)22-14-6-4-13(20)5-7-14/h3-9H,10H2,1-2H3,(H2,21,25)(H,22,26)(H,24,27)/b23-11+. The fraction of sp³-hybridized carbons (Fsp3) is 0.158. The molecule has 0 aliphatic carbocycles. The zero-order chi connectivity index (χ0) is 21.4. The van der Waals surface area contributed by atoms with Gasteiger partial charge in [-0.25, -0.2) is 5.43 Å². The van der Waals surface area contributed by atoms with E-state index in [1.165, 1.54) is 7.11 Å². The average Bonchev–Trinajstić information content (AvgIpc) is 2.71. The highest BCUT2D eigenvalue weighted by Crippen LogP contribution is 2.28. The molecule has 0 saturated heterocycles. The Kier molecular flexibility index (Phi) is 7.55. The van der Waals surface area contributed by atoms with Gasteiger partial charge < -0.3 is 20.5 Å². The summed E-state index contributed by atoms with van der Waals surface area (Å²) in [6.45, 7) is 1.34. The molecule has 0 radical (unpaired) electrons. The maximum atomic E-state index is 11.9. The first-order valence-corrected chi connectivity index (χ1v) is 8.68. The van der Waals surface area contributed by atoms with Crippen molar-refractivity contribution in [3.63, 3.8) is 0 Å². The highest BCUT2D eigenvalue weighted by Gasteiger charge is 2.14. The smallest absolute Gasteiger partial charge is 0.329 e. The third kappa shape index (κ3) is 6.51. The number of nitrogens with zero attached hydrogens (tertiary/aromatic N) is 1. The van der Waals surface area contributed by atoms with Crippen LogP contribution in [0.3, 0.4) is 0 Å². The SMILES string of the molecule is COc1cc(/C(C)=N/NC(=O)C(=O)Nc2ccc(Cl)cc2)ccc1OCC(N)=O. The number of hydrazone groups is 1. The fourth-order valence-corrected chi connectivity index (χ4v) is 2.26. The van der Waals surface area contributed by atoms with Crippen LogP contribution in [0.25, 0.3) is 0 Å². The first-order valence-electron chi connectivity index (χ1n) is 8.31. The normalized spacial score (nSPS) is 10.8. The molecule has 0 unspecified atom stereocenters. The first-order chi connectivity index (χ1) is 13.8. The van der Waals surface area contributed by atoms with E-state index < -0.39 is 17.7 Å². The van der Waals surface area contributed by atoms with Gasteiger partial charge in [-0.15, -0.1) is 0 Å². The molecule has 2 aromatic rings. The van der Waals surface area contributed by atoms with Crippen LogP contribution in [0.4, 0.5) is 5.69 Å². The van der Waals surface area contributed by atoms with Crippen molar-refractivity contribution in [1.82, 2.24) is 5.43 Å². The zero-order valence-corrected chi connectivity index (χ0v) is 16.4. The van der Waals surface area contributed by atoms with Gasteiger partial charge in [0.05, 0.1) is 12.8 Å². The van der Waals surface area contributed by atoms with Crippen LogP contribution in [-0.2, 0) is 14.4 Å². The minimum Gasteiger partial charge on any atom is -0.493 e. The number of rotatable bonds is 7. The Morgan fingerprint density at radius 3 is 2.38 bits per heavy atom. The van der Waals surface area contributed by atoms with Gasteiger partial charge in [0.25, 0.3) is 5.91 Å². The maximum absolute atomic E-state index is 11.9. The first kappa shape index (κ1) is 21.7. The Morgan fingerprint density at radius 1 is 1.07 bits per heavy atom. The number of nitrogens with two attached hydrogens (primary N) is 1. The monoisotopic (exact) mass is 418 g/mol. The molecule has 152 valence electrons. The van der Waals surface area contributed by atoms with E-state index in [4.69, 9.17) is 26.8 Å². The third-order valence-electron chi connectivity index (χ3n) is 3.58. The number of carbonyl (C=O) groups is 3. The minimum absolute atomic E-state index is 0.290. The van der Waals surface area contributed by atoms with Gasteiger partial charge in [-0.2, -0.15) is 5.10 Å². The van der Waals surface area contributed by atoms with Gasteiger partial charge in [0.15, 0.2) is 18.1 Å². The molecule has 4 N–H and O–H groups in total. The van der Waals surface area contributed by atoms with Crippen molar-refractivity contribution >= 4 is 40.7 Å². The molecule has 0 aliphatic rings. The van der Waals surface area contributed by atoms with E-state index in [0.29, 0.717) is 33.5 Å². The number of benzene rings is 2. The number of nitrogens with one attached hydrogen (secondary N) is 2. The summed E-state index contributed by atoms with van der Waals surface area (Å²) in [6, 6.07) is 11.1. The number of halogens is 1. The van der Waals surface area contributed by atoms with E-state index in [-0.39, 0.29) is 6.61 Å². The van der Waals surface area contributed by atoms with E-state index in [1.54, 1.807) is 49.4 Å². The van der Waals surface area contributed by atoms with Crippen molar-refractivity contribution in [2.24, 2.45) is 10.8 Å². The Balaban J connectivity index is 2.02. The molecule has 0 atom stereocenters. The number of hydrogen-bond acceptors (Lipinski definition) is 6. The number of primary amides is 1. The van der Waals surface area contributed by atoms with Crippen LogP contribution in [0.5, 0.6) is 11.5 Å². The number of ether oxygens (including phenoxy) is 2.